The fourth-order valence-corrected chi connectivity index (χ4v) is 10.5. The molecule has 0 aromatic heterocycles. The van der Waals surface area contributed by atoms with E-state index >= 15 is 0 Å². The molecule has 0 atom stereocenters. The Labute approximate surface area is 399 Å². The first-order valence-corrected chi connectivity index (χ1v) is 24.7. The van der Waals surface area contributed by atoms with Crippen molar-refractivity contribution in [1.29, 1.82) is 0 Å². The second kappa shape index (κ2) is 27.2. The Morgan fingerprint density at radius 1 is 0.493 bits per heavy atom. The molecule has 354 valence electrons. The maximum Gasteiger partial charge on any atom is 0.150 e. The van der Waals surface area contributed by atoms with Crippen LogP contribution < -0.4 is 11.1 Å². The Bertz CT molecular complexity index is 2240. The van der Waals surface area contributed by atoms with Crippen molar-refractivity contribution in [2.24, 2.45) is 5.73 Å². The molecule has 13 heteroatoms. The van der Waals surface area contributed by atoms with E-state index in [2.05, 4.69) is 15.1 Å². The lowest BCUT2D eigenvalue weighted by Crippen LogP contribution is -2.42. The molecule has 3 N–H and O–H groups in total. The summed E-state index contributed by atoms with van der Waals surface area (Å²) in [4.78, 5) is 14.9. The summed E-state index contributed by atoms with van der Waals surface area (Å²) in [7, 11) is 0. The maximum atomic E-state index is 13.4. The molecule has 2 saturated heterocycles. The average Bonchev–Trinajstić information content (AvgIpc) is 3.35. The minimum Gasteiger partial charge on any atom is -0.328 e. The lowest BCUT2D eigenvalue weighted by molar-refractivity contribution is 0.112. The fraction of sp³-hybridized carbons (Fsp3) is 0.315. The van der Waals surface area contributed by atoms with Gasteiger partial charge in [-0.05, 0) is 165 Å². The molecule has 8 rings (SSSR count). The molecule has 2 aliphatic heterocycles. The quantitative estimate of drug-likeness (QED) is 0.0740. The SMILES string of the molecule is Fc1ccc(CNC2CCN(CCSC(c3ccc(F)cc3)c3ccc(F)cc3)CC2)cc1.NC1CCN(CCSC(c2ccc(F)cc2)c2ccc(F)cc2)CC1.O=Cc1ccc(F)cc1. The number of nitrogens with one attached hydrogen (secondary N) is 1. The summed E-state index contributed by atoms with van der Waals surface area (Å²) in [5.74, 6) is 0.399. The van der Waals surface area contributed by atoms with Gasteiger partial charge < -0.3 is 20.9 Å². The average molecular weight is 957 g/mol. The number of carbonyl (C=O) groups is 1. The lowest BCUT2D eigenvalue weighted by atomic mass is 10.0. The predicted molar refractivity (Wildman–Crippen MR) is 262 cm³/mol. The van der Waals surface area contributed by atoms with Crippen molar-refractivity contribution >= 4 is 29.8 Å². The van der Waals surface area contributed by atoms with Gasteiger partial charge in [-0.3, -0.25) is 4.79 Å². The topological polar surface area (TPSA) is 61.6 Å². The van der Waals surface area contributed by atoms with Crippen molar-refractivity contribution in [2.45, 2.75) is 54.8 Å². The summed E-state index contributed by atoms with van der Waals surface area (Å²) in [6.07, 6.45) is 4.98. The normalized spacial score (nSPS) is 14.9. The van der Waals surface area contributed by atoms with E-state index in [4.69, 9.17) is 5.73 Å². The largest absolute Gasteiger partial charge is 0.328 e. The van der Waals surface area contributed by atoms with E-state index in [1.165, 1.54) is 84.9 Å². The van der Waals surface area contributed by atoms with E-state index < -0.39 is 0 Å². The molecule has 67 heavy (non-hydrogen) atoms. The van der Waals surface area contributed by atoms with Crippen LogP contribution >= 0.6 is 23.5 Å². The lowest BCUT2D eigenvalue weighted by Gasteiger charge is -2.32. The number of thioether (sulfide) groups is 2. The van der Waals surface area contributed by atoms with Crippen molar-refractivity contribution in [1.82, 2.24) is 15.1 Å². The molecule has 5 nitrogen and oxygen atoms in total. The van der Waals surface area contributed by atoms with Gasteiger partial charge in [-0.1, -0.05) is 60.7 Å². The molecule has 6 aromatic carbocycles. The van der Waals surface area contributed by atoms with Crippen LogP contribution in [0.15, 0.2) is 146 Å². The highest BCUT2D eigenvalue weighted by atomic mass is 32.2. The number of nitrogens with zero attached hydrogens (tertiary/aromatic N) is 2. The van der Waals surface area contributed by atoms with Crippen molar-refractivity contribution < 1.29 is 31.1 Å². The number of hydrogen-bond acceptors (Lipinski definition) is 7. The summed E-state index contributed by atoms with van der Waals surface area (Å²) < 4.78 is 78.5. The number of nitrogens with two attached hydrogens (primary N) is 1. The summed E-state index contributed by atoms with van der Waals surface area (Å²) in [5, 5.41) is 3.71. The summed E-state index contributed by atoms with van der Waals surface area (Å²) in [5.41, 5.74) is 11.7. The molecule has 0 saturated carbocycles. The van der Waals surface area contributed by atoms with Crippen LogP contribution in [0.2, 0.25) is 0 Å². The maximum absolute atomic E-state index is 13.4. The first kappa shape index (κ1) is 51.5. The van der Waals surface area contributed by atoms with Gasteiger partial charge in [-0.25, -0.2) is 26.3 Å². The molecule has 2 fully saturated rings. The molecule has 0 amide bonds. The van der Waals surface area contributed by atoms with E-state index in [0.717, 1.165) is 111 Å². The van der Waals surface area contributed by atoms with E-state index in [1.54, 1.807) is 0 Å². The summed E-state index contributed by atoms with van der Waals surface area (Å²) >= 11 is 3.63. The van der Waals surface area contributed by atoms with Crippen LogP contribution in [0.5, 0.6) is 0 Å². The molecule has 0 radical (unpaired) electrons. The zero-order chi connectivity index (χ0) is 47.4. The Hall–Kier alpha value is -4.89. The second-order valence-corrected chi connectivity index (χ2v) is 19.1. The molecule has 2 aliphatic rings. The zero-order valence-corrected chi connectivity index (χ0v) is 39.0. The monoisotopic (exact) mass is 956 g/mol. The summed E-state index contributed by atoms with van der Waals surface area (Å²) in [6.45, 7) is 6.94. The van der Waals surface area contributed by atoms with Gasteiger partial charge in [0, 0.05) is 48.8 Å². The van der Waals surface area contributed by atoms with Crippen LogP contribution in [0.3, 0.4) is 0 Å². The third-order valence-electron chi connectivity index (χ3n) is 11.8. The van der Waals surface area contributed by atoms with Gasteiger partial charge in [0.1, 0.15) is 41.2 Å². The minimum absolute atomic E-state index is 0.0427. The van der Waals surface area contributed by atoms with Gasteiger partial charge in [0.05, 0.1) is 10.5 Å². The molecule has 0 spiro atoms. The van der Waals surface area contributed by atoms with E-state index in [1.807, 2.05) is 84.2 Å². The van der Waals surface area contributed by atoms with Crippen LogP contribution in [0, 0.1) is 34.9 Å². The Morgan fingerprint density at radius 3 is 1.15 bits per heavy atom. The van der Waals surface area contributed by atoms with Gasteiger partial charge in [-0.2, -0.15) is 0 Å². The first-order chi connectivity index (χ1) is 32.5. The molecule has 0 bridgehead atoms. The van der Waals surface area contributed by atoms with Crippen molar-refractivity contribution in [3.63, 3.8) is 0 Å². The molecule has 0 aliphatic carbocycles. The van der Waals surface area contributed by atoms with Crippen LogP contribution in [0.4, 0.5) is 26.3 Å². The van der Waals surface area contributed by atoms with Gasteiger partial charge in [-0.15, -0.1) is 23.5 Å². The molecular weight excluding hydrogens is 899 g/mol. The van der Waals surface area contributed by atoms with Crippen LogP contribution in [0.25, 0.3) is 0 Å². The predicted octanol–water partition coefficient (Wildman–Crippen LogP) is 12.0. The number of carbonyl (C=O) groups excluding carboxylic acids is 1. The minimum atomic E-state index is -0.319. The highest BCUT2D eigenvalue weighted by molar-refractivity contribution is 8.00. The Kier molecular flexibility index (Phi) is 20.9. The van der Waals surface area contributed by atoms with Crippen molar-refractivity contribution in [2.75, 3.05) is 50.8 Å². The van der Waals surface area contributed by atoms with E-state index in [-0.39, 0.29) is 45.4 Å². The fourth-order valence-electron chi connectivity index (χ4n) is 7.86. The van der Waals surface area contributed by atoms with Crippen LogP contribution in [-0.2, 0) is 6.54 Å². The third-order valence-corrected chi connectivity index (χ3v) is 14.4. The number of piperidine rings is 2. The highest BCUT2D eigenvalue weighted by Crippen LogP contribution is 2.37. The number of hydrogen-bond donors (Lipinski definition) is 2. The number of halogens is 6. The first-order valence-electron chi connectivity index (χ1n) is 22.6. The standard InChI is InChI=1S/C27H29F3N2S.C20H24F2N2S.C7H5FO/c28-23-7-1-20(2-8-23)19-31-26-13-15-32(16-14-26)17-18-33-27(21-3-9-24(29)10-4-21)22-5-11-25(30)12-6-22;21-17-5-1-15(2-6-17)20(16-3-7-18(22)8-4-16)25-14-13-24-11-9-19(23)10-12-24;8-7-3-1-6(5-9)2-4-7/h1-12,26-27,31H,13-19H2;1-8,19-20H,9-14,23H2;1-5H. The van der Waals surface area contributed by atoms with Gasteiger partial charge in [0.25, 0.3) is 0 Å². The van der Waals surface area contributed by atoms with Crippen LogP contribution in [0.1, 0.15) is 74.4 Å². The summed E-state index contributed by atoms with van der Waals surface area (Å²) in [6, 6.07) is 39.2. The number of likely N-dealkylation sites (tertiary alicyclic amines) is 2. The number of aldehydes is 1. The van der Waals surface area contributed by atoms with E-state index in [9.17, 15) is 31.1 Å². The molecule has 0 unspecified atom stereocenters. The van der Waals surface area contributed by atoms with Crippen molar-refractivity contribution in [3.05, 3.63) is 214 Å². The van der Waals surface area contributed by atoms with E-state index in [0.29, 0.717) is 23.9 Å². The molecular formula is C54H58F6N4OS2. The molecule has 6 aromatic rings. The van der Waals surface area contributed by atoms with Crippen molar-refractivity contribution in [3.8, 4) is 0 Å². The highest BCUT2D eigenvalue weighted by Gasteiger charge is 2.21. The number of benzene rings is 6. The van der Waals surface area contributed by atoms with Gasteiger partial charge >= 0.3 is 0 Å². The van der Waals surface area contributed by atoms with Gasteiger partial charge in [0.15, 0.2) is 0 Å². The molecule has 2 heterocycles. The Balaban J connectivity index is 0.000000191. The Morgan fingerprint density at radius 2 is 0.806 bits per heavy atom. The smallest absolute Gasteiger partial charge is 0.150 e. The van der Waals surface area contributed by atoms with Crippen LogP contribution in [-0.4, -0.2) is 78.9 Å². The number of rotatable bonds is 16. The second-order valence-electron chi connectivity index (χ2n) is 16.7. The zero-order valence-electron chi connectivity index (χ0n) is 37.4. The van der Waals surface area contributed by atoms with Gasteiger partial charge in [0.2, 0.25) is 0 Å². The third kappa shape index (κ3) is 17.6.